The molecular formula is C29H35F3N4O7. The Kier molecular flexibility index (Phi) is 10.7. The summed E-state index contributed by atoms with van der Waals surface area (Å²) in [6.07, 6.45) is -3.66. The van der Waals surface area contributed by atoms with Crippen LogP contribution in [0.25, 0.3) is 0 Å². The molecule has 11 nitrogen and oxygen atoms in total. The van der Waals surface area contributed by atoms with Gasteiger partial charge >= 0.3 is 5.97 Å². The van der Waals surface area contributed by atoms with Crippen molar-refractivity contribution in [2.24, 2.45) is 11.8 Å². The number of halogens is 3. The number of aryl methyl sites for hydroxylation is 1. The Morgan fingerprint density at radius 1 is 1.07 bits per heavy atom. The lowest BCUT2D eigenvalue weighted by molar-refractivity contribution is -0.164. The molecule has 2 aromatic rings. The number of benzene rings is 1. The van der Waals surface area contributed by atoms with Crippen molar-refractivity contribution in [2.45, 2.75) is 77.8 Å². The second-order valence-electron chi connectivity index (χ2n) is 11.0. The Morgan fingerprint density at radius 2 is 1.72 bits per heavy atom. The van der Waals surface area contributed by atoms with E-state index in [0.29, 0.717) is 0 Å². The highest BCUT2D eigenvalue weighted by Gasteiger charge is 2.40. The molecule has 1 aliphatic heterocycles. The SMILES string of the molecule is Cc1nc(F)c(F)c(F)c1C[C@@H]1NC(=O)[C@@H](NC(=O)c2ccccc2O)[C@@H](C)NC(=O)C(CC(C)C)OC(=O)[C@H](C)[C@@H]1O. The normalized spacial score (nSPS) is 25.2. The summed E-state index contributed by atoms with van der Waals surface area (Å²) in [6.45, 7) is 7.42. The molecule has 6 atom stereocenters. The topological polar surface area (TPSA) is 167 Å². The Balaban J connectivity index is 2.07. The smallest absolute Gasteiger partial charge is 0.312 e. The fourth-order valence-corrected chi connectivity index (χ4v) is 4.71. The van der Waals surface area contributed by atoms with E-state index in [1.54, 1.807) is 13.8 Å². The first-order valence-corrected chi connectivity index (χ1v) is 13.7. The highest BCUT2D eigenvalue weighted by Crippen LogP contribution is 2.23. The molecule has 5 N–H and O–H groups in total. The lowest BCUT2D eigenvalue weighted by Crippen LogP contribution is -2.62. The van der Waals surface area contributed by atoms with Crippen LogP contribution in [0, 0.1) is 36.3 Å². The monoisotopic (exact) mass is 608 g/mol. The van der Waals surface area contributed by atoms with E-state index in [4.69, 9.17) is 4.74 Å². The van der Waals surface area contributed by atoms with E-state index >= 15 is 0 Å². The number of esters is 1. The van der Waals surface area contributed by atoms with Gasteiger partial charge in [-0.3, -0.25) is 19.2 Å². The van der Waals surface area contributed by atoms with Gasteiger partial charge in [-0.2, -0.15) is 8.78 Å². The van der Waals surface area contributed by atoms with Crippen molar-refractivity contribution in [1.82, 2.24) is 20.9 Å². The van der Waals surface area contributed by atoms with Crippen LogP contribution in [-0.2, 0) is 25.5 Å². The first-order valence-electron chi connectivity index (χ1n) is 13.7. The van der Waals surface area contributed by atoms with Crippen molar-refractivity contribution in [3.63, 3.8) is 0 Å². The van der Waals surface area contributed by atoms with Crippen LogP contribution in [0.5, 0.6) is 5.75 Å². The zero-order valence-corrected chi connectivity index (χ0v) is 24.3. The van der Waals surface area contributed by atoms with Crippen LogP contribution in [0.4, 0.5) is 13.2 Å². The lowest BCUT2D eigenvalue weighted by Gasteiger charge is -2.34. The molecule has 0 saturated carbocycles. The highest BCUT2D eigenvalue weighted by atomic mass is 19.2. The Labute approximate surface area is 246 Å². The Hall–Kier alpha value is -4.20. The number of nitrogens with zero attached hydrogens (tertiary/aromatic N) is 1. The quantitative estimate of drug-likeness (QED) is 0.245. The molecule has 1 aromatic carbocycles. The molecule has 3 amide bonds. The largest absolute Gasteiger partial charge is 0.507 e. The minimum atomic E-state index is -1.86. The number of aromatic hydroxyl groups is 1. The summed E-state index contributed by atoms with van der Waals surface area (Å²) in [5.74, 6) is -10.6. The molecule has 3 rings (SSSR count). The number of phenols is 1. The predicted octanol–water partition coefficient (Wildman–Crippen LogP) is 1.81. The molecular weight excluding hydrogens is 573 g/mol. The average Bonchev–Trinajstić information content (AvgIpc) is 2.94. The van der Waals surface area contributed by atoms with E-state index in [9.17, 15) is 42.6 Å². The van der Waals surface area contributed by atoms with Crippen LogP contribution in [-0.4, -0.2) is 69.2 Å². The maximum Gasteiger partial charge on any atom is 0.312 e. The number of ether oxygens (including phenoxy) is 1. The molecule has 1 aliphatic rings. The summed E-state index contributed by atoms with van der Waals surface area (Å²) in [4.78, 5) is 56.3. The first-order chi connectivity index (χ1) is 20.1. The number of phenolic OH excluding ortho intramolecular Hbond substituents is 1. The molecule has 234 valence electrons. The standard InChI is InChI=1S/C29H35F3N4O7/c1-12(2)10-20-27(40)34-15(5)23(36-26(39)16-8-6-7-9-19(16)37)28(41)35-18(24(38)13(3)29(42)43-20)11-17-14(4)33-25(32)22(31)21(17)30/h6-9,12-13,15,18,20,23-24,37-38H,10-11H2,1-5H3,(H,34,40)(H,35,41)(H,36,39)/t13-,15-,18+,20?,23+,24+/m1/s1. The number of amides is 3. The molecule has 2 heterocycles. The van der Waals surface area contributed by atoms with Gasteiger partial charge in [0.05, 0.1) is 29.7 Å². The fraction of sp³-hybridized carbons (Fsp3) is 0.483. The van der Waals surface area contributed by atoms with E-state index in [1.165, 1.54) is 45.0 Å². The molecule has 14 heteroatoms. The molecule has 0 spiro atoms. The molecule has 1 fully saturated rings. The van der Waals surface area contributed by atoms with Crippen molar-refractivity contribution in [1.29, 1.82) is 0 Å². The van der Waals surface area contributed by atoms with Gasteiger partial charge in [0.15, 0.2) is 11.9 Å². The van der Waals surface area contributed by atoms with E-state index in [-0.39, 0.29) is 29.3 Å². The summed E-state index contributed by atoms with van der Waals surface area (Å²) < 4.78 is 48.0. The Morgan fingerprint density at radius 3 is 2.35 bits per heavy atom. The zero-order valence-electron chi connectivity index (χ0n) is 24.3. The van der Waals surface area contributed by atoms with Crippen LogP contribution < -0.4 is 16.0 Å². The maximum absolute atomic E-state index is 14.8. The molecule has 1 saturated heterocycles. The van der Waals surface area contributed by atoms with Crippen molar-refractivity contribution in [3.8, 4) is 5.75 Å². The van der Waals surface area contributed by atoms with Gasteiger partial charge in [-0.15, -0.1) is 0 Å². The van der Waals surface area contributed by atoms with Crippen molar-refractivity contribution in [2.75, 3.05) is 0 Å². The van der Waals surface area contributed by atoms with E-state index < -0.39 is 89.5 Å². The van der Waals surface area contributed by atoms with Crippen LogP contribution in [0.2, 0.25) is 0 Å². The summed E-state index contributed by atoms with van der Waals surface area (Å²) in [5, 5.41) is 28.8. The summed E-state index contributed by atoms with van der Waals surface area (Å²) in [7, 11) is 0. The summed E-state index contributed by atoms with van der Waals surface area (Å²) in [6, 6.07) is 1.33. The maximum atomic E-state index is 14.8. The number of hydrogen-bond acceptors (Lipinski definition) is 8. The van der Waals surface area contributed by atoms with Gasteiger partial charge in [0.25, 0.3) is 17.8 Å². The van der Waals surface area contributed by atoms with Crippen LogP contribution in [0.3, 0.4) is 0 Å². The van der Waals surface area contributed by atoms with Gasteiger partial charge < -0.3 is 30.9 Å². The first kappa shape index (κ1) is 33.3. The molecule has 1 unspecified atom stereocenters. The molecule has 1 aromatic heterocycles. The van der Waals surface area contributed by atoms with Crippen LogP contribution in [0.1, 0.15) is 55.7 Å². The zero-order chi connectivity index (χ0) is 32.2. The van der Waals surface area contributed by atoms with Crippen LogP contribution >= 0.6 is 0 Å². The third-order valence-electron chi connectivity index (χ3n) is 7.21. The number of para-hydroxylation sites is 1. The predicted molar refractivity (Wildman–Crippen MR) is 146 cm³/mol. The van der Waals surface area contributed by atoms with Gasteiger partial charge in [-0.05, 0) is 51.7 Å². The number of nitrogens with one attached hydrogen (secondary N) is 3. The molecule has 0 bridgehead atoms. The van der Waals surface area contributed by atoms with Crippen molar-refractivity contribution < 1.29 is 47.3 Å². The van der Waals surface area contributed by atoms with Gasteiger partial charge in [0, 0.05) is 11.3 Å². The number of cyclic esters (lactones) is 1. The van der Waals surface area contributed by atoms with Gasteiger partial charge in [0.1, 0.15) is 11.8 Å². The second-order valence-corrected chi connectivity index (χ2v) is 11.0. The Bertz CT molecular complexity index is 1390. The number of aromatic nitrogens is 1. The minimum absolute atomic E-state index is 0.0859. The van der Waals surface area contributed by atoms with Gasteiger partial charge in [-0.1, -0.05) is 26.0 Å². The number of aliphatic hydroxyl groups is 1. The third-order valence-corrected chi connectivity index (χ3v) is 7.21. The second kappa shape index (κ2) is 13.8. The number of hydrogen-bond donors (Lipinski definition) is 5. The number of rotatable bonds is 6. The molecule has 43 heavy (non-hydrogen) atoms. The minimum Gasteiger partial charge on any atom is -0.507 e. The fourth-order valence-electron chi connectivity index (χ4n) is 4.71. The lowest BCUT2D eigenvalue weighted by atomic mass is 9.91. The van der Waals surface area contributed by atoms with Crippen molar-refractivity contribution in [3.05, 3.63) is 58.7 Å². The third kappa shape index (κ3) is 7.80. The van der Waals surface area contributed by atoms with E-state index in [1.807, 2.05) is 0 Å². The summed E-state index contributed by atoms with van der Waals surface area (Å²) >= 11 is 0. The van der Waals surface area contributed by atoms with Gasteiger partial charge in [0.2, 0.25) is 11.7 Å². The number of pyridine rings is 1. The van der Waals surface area contributed by atoms with Crippen molar-refractivity contribution >= 4 is 23.7 Å². The number of carbonyl (C=O) groups is 4. The molecule has 0 aliphatic carbocycles. The van der Waals surface area contributed by atoms with Gasteiger partial charge in [-0.25, -0.2) is 9.37 Å². The number of carbonyl (C=O) groups excluding carboxylic acids is 4. The van der Waals surface area contributed by atoms with E-state index in [2.05, 4.69) is 20.9 Å². The van der Waals surface area contributed by atoms with Crippen LogP contribution in [0.15, 0.2) is 24.3 Å². The molecule has 0 radical (unpaired) electrons. The number of aliphatic hydroxyl groups excluding tert-OH is 1. The summed E-state index contributed by atoms with van der Waals surface area (Å²) in [5.41, 5.74) is -0.909. The van der Waals surface area contributed by atoms with E-state index in [0.717, 1.165) is 0 Å². The highest BCUT2D eigenvalue weighted by molar-refractivity contribution is 6.00. The average molecular weight is 609 g/mol.